The minimum Gasteiger partial charge on any atom is -0.496 e. The van der Waals surface area contributed by atoms with Crippen molar-refractivity contribution in [3.8, 4) is 5.75 Å². The summed E-state index contributed by atoms with van der Waals surface area (Å²) in [7, 11) is -2.07. The van der Waals surface area contributed by atoms with E-state index in [1.54, 1.807) is 26.2 Å². The standard InChI is InChI=1S/C18H23NO3S/c1-13-12-17(14(2)11-16(13)22-5)23(20,21)19-18(3,4)15-9-7-6-8-10-15/h6-12,19H,1-5H3. The zero-order valence-corrected chi connectivity index (χ0v) is 15.0. The van der Waals surface area contributed by atoms with Gasteiger partial charge in [0.1, 0.15) is 5.75 Å². The zero-order chi connectivity index (χ0) is 17.3. The Morgan fingerprint density at radius 1 is 1.00 bits per heavy atom. The van der Waals surface area contributed by atoms with Crippen molar-refractivity contribution in [1.82, 2.24) is 4.72 Å². The maximum absolute atomic E-state index is 12.8. The normalized spacial score (nSPS) is 12.2. The zero-order valence-electron chi connectivity index (χ0n) is 14.2. The molecule has 2 rings (SSSR count). The highest BCUT2D eigenvalue weighted by Gasteiger charge is 2.29. The van der Waals surface area contributed by atoms with Gasteiger partial charge in [-0.3, -0.25) is 0 Å². The summed E-state index contributed by atoms with van der Waals surface area (Å²) in [6.45, 7) is 7.31. The van der Waals surface area contributed by atoms with Gasteiger partial charge < -0.3 is 4.74 Å². The number of benzene rings is 2. The van der Waals surface area contributed by atoms with Crippen LogP contribution >= 0.6 is 0 Å². The number of rotatable bonds is 5. The van der Waals surface area contributed by atoms with Crippen molar-refractivity contribution >= 4 is 10.0 Å². The molecule has 0 saturated heterocycles. The first kappa shape index (κ1) is 17.5. The van der Waals surface area contributed by atoms with Crippen LogP contribution in [0, 0.1) is 13.8 Å². The number of aryl methyl sites for hydroxylation is 2. The van der Waals surface area contributed by atoms with Crippen LogP contribution in [0.3, 0.4) is 0 Å². The van der Waals surface area contributed by atoms with Gasteiger partial charge in [0.25, 0.3) is 0 Å². The summed E-state index contributed by atoms with van der Waals surface area (Å²) in [4.78, 5) is 0.278. The van der Waals surface area contributed by atoms with Gasteiger partial charge in [0.05, 0.1) is 17.5 Å². The fraction of sp³-hybridized carbons (Fsp3) is 0.333. The third-order valence-electron chi connectivity index (χ3n) is 3.87. The lowest BCUT2D eigenvalue weighted by atomic mass is 9.96. The maximum atomic E-state index is 12.8. The Morgan fingerprint density at radius 3 is 2.17 bits per heavy atom. The average molecular weight is 333 g/mol. The van der Waals surface area contributed by atoms with Gasteiger partial charge in [0, 0.05) is 0 Å². The van der Waals surface area contributed by atoms with Crippen LogP contribution in [-0.4, -0.2) is 15.5 Å². The molecule has 0 atom stereocenters. The summed E-state index contributed by atoms with van der Waals surface area (Å²) in [6, 6.07) is 12.9. The lowest BCUT2D eigenvalue weighted by Crippen LogP contribution is -2.41. The van der Waals surface area contributed by atoms with E-state index in [2.05, 4.69) is 4.72 Å². The van der Waals surface area contributed by atoms with Crippen LogP contribution < -0.4 is 9.46 Å². The monoisotopic (exact) mass is 333 g/mol. The Morgan fingerprint density at radius 2 is 1.61 bits per heavy atom. The van der Waals surface area contributed by atoms with Crippen molar-refractivity contribution in [2.45, 2.75) is 38.1 Å². The number of nitrogens with one attached hydrogen (secondary N) is 1. The molecule has 0 aliphatic carbocycles. The second-order valence-corrected chi connectivity index (χ2v) is 7.83. The minimum absolute atomic E-state index is 0.278. The SMILES string of the molecule is COc1cc(C)c(S(=O)(=O)NC(C)(C)c2ccccc2)cc1C. The van der Waals surface area contributed by atoms with Crippen LogP contribution in [0.5, 0.6) is 5.75 Å². The third kappa shape index (κ3) is 3.74. The highest BCUT2D eigenvalue weighted by atomic mass is 32.2. The van der Waals surface area contributed by atoms with E-state index >= 15 is 0 Å². The molecule has 0 amide bonds. The first-order valence-electron chi connectivity index (χ1n) is 7.42. The van der Waals surface area contributed by atoms with E-state index < -0.39 is 15.6 Å². The average Bonchev–Trinajstić information content (AvgIpc) is 2.49. The topological polar surface area (TPSA) is 55.4 Å². The number of sulfonamides is 1. The Kier molecular flexibility index (Phi) is 4.82. The van der Waals surface area contributed by atoms with Crippen LogP contribution in [0.2, 0.25) is 0 Å². The smallest absolute Gasteiger partial charge is 0.241 e. The Balaban J connectivity index is 2.42. The molecule has 0 aromatic heterocycles. The van der Waals surface area contributed by atoms with Crippen molar-refractivity contribution in [2.75, 3.05) is 7.11 Å². The molecule has 0 aliphatic heterocycles. The van der Waals surface area contributed by atoms with E-state index in [4.69, 9.17) is 4.74 Å². The van der Waals surface area contributed by atoms with Gasteiger partial charge in [-0.2, -0.15) is 0 Å². The maximum Gasteiger partial charge on any atom is 0.241 e. The quantitative estimate of drug-likeness (QED) is 0.911. The van der Waals surface area contributed by atoms with Crippen molar-refractivity contribution in [2.24, 2.45) is 0 Å². The molecule has 4 nitrogen and oxygen atoms in total. The second-order valence-electron chi connectivity index (χ2n) is 6.18. The highest BCUT2D eigenvalue weighted by molar-refractivity contribution is 7.89. The predicted octanol–water partition coefficient (Wildman–Crippen LogP) is 3.53. The molecule has 5 heteroatoms. The lowest BCUT2D eigenvalue weighted by molar-refractivity contribution is 0.410. The molecule has 0 radical (unpaired) electrons. The largest absolute Gasteiger partial charge is 0.496 e. The number of hydrogen-bond donors (Lipinski definition) is 1. The Hall–Kier alpha value is -1.85. The molecule has 0 unspecified atom stereocenters. The second kappa shape index (κ2) is 6.34. The molecule has 1 N–H and O–H groups in total. The predicted molar refractivity (Wildman–Crippen MR) is 92.3 cm³/mol. The number of methoxy groups -OCH3 is 1. The van der Waals surface area contributed by atoms with E-state index in [9.17, 15) is 8.42 Å². The van der Waals surface area contributed by atoms with Crippen LogP contribution in [-0.2, 0) is 15.6 Å². The molecule has 23 heavy (non-hydrogen) atoms. The van der Waals surface area contributed by atoms with Crippen LogP contribution in [0.25, 0.3) is 0 Å². The summed E-state index contributed by atoms with van der Waals surface area (Å²) in [5.41, 5.74) is 1.65. The molecule has 0 spiro atoms. The lowest BCUT2D eigenvalue weighted by Gasteiger charge is -2.27. The van der Waals surface area contributed by atoms with Crippen LogP contribution in [0.4, 0.5) is 0 Å². The summed E-state index contributed by atoms with van der Waals surface area (Å²) in [5, 5.41) is 0. The van der Waals surface area contributed by atoms with E-state index in [0.717, 1.165) is 11.1 Å². The van der Waals surface area contributed by atoms with Crippen LogP contribution in [0.15, 0.2) is 47.4 Å². The molecule has 2 aromatic carbocycles. The van der Waals surface area contributed by atoms with Gasteiger partial charge in [0.15, 0.2) is 0 Å². The summed E-state index contributed by atoms with van der Waals surface area (Å²) >= 11 is 0. The Bertz CT molecular complexity index is 797. The van der Waals surface area contributed by atoms with E-state index in [-0.39, 0.29) is 4.90 Å². The molecule has 0 fully saturated rings. The molecular formula is C18H23NO3S. The fourth-order valence-electron chi connectivity index (χ4n) is 2.58. The van der Waals surface area contributed by atoms with Crippen molar-refractivity contribution in [3.05, 3.63) is 59.2 Å². The summed E-state index contributed by atoms with van der Waals surface area (Å²) in [5.74, 6) is 0.684. The van der Waals surface area contributed by atoms with Crippen LogP contribution in [0.1, 0.15) is 30.5 Å². The van der Waals surface area contributed by atoms with E-state index in [1.165, 1.54) is 0 Å². The molecule has 0 saturated carbocycles. The van der Waals surface area contributed by atoms with Crippen molar-refractivity contribution in [3.63, 3.8) is 0 Å². The minimum atomic E-state index is -3.65. The van der Waals surface area contributed by atoms with E-state index in [0.29, 0.717) is 11.3 Å². The molecule has 124 valence electrons. The van der Waals surface area contributed by atoms with Gasteiger partial charge in [-0.1, -0.05) is 30.3 Å². The third-order valence-corrected chi connectivity index (χ3v) is 5.66. The van der Waals surface area contributed by atoms with Crippen molar-refractivity contribution < 1.29 is 13.2 Å². The van der Waals surface area contributed by atoms with Gasteiger partial charge in [-0.25, -0.2) is 13.1 Å². The first-order valence-corrected chi connectivity index (χ1v) is 8.90. The molecule has 2 aromatic rings. The van der Waals surface area contributed by atoms with Gasteiger partial charge in [-0.05, 0) is 56.5 Å². The fourth-order valence-corrected chi connectivity index (χ4v) is 4.29. The summed E-state index contributed by atoms with van der Waals surface area (Å²) in [6.07, 6.45) is 0. The molecule has 0 heterocycles. The highest BCUT2D eigenvalue weighted by Crippen LogP contribution is 2.28. The van der Waals surface area contributed by atoms with E-state index in [1.807, 2.05) is 51.1 Å². The van der Waals surface area contributed by atoms with Gasteiger partial charge in [0.2, 0.25) is 10.0 Å². The summed E-state index contributed by atoms with van der Waals surface area (Å²) < 4.78 is 33.7. The molecule has 0 aliphatic rings. The number of ether oxygens (including phenoxy) is 1. The molecule has 0 bridgehead atoms. The van der Waals surface area contributed by atoms with Gasteiger partial charge >= 0.3 is 0 Å². The first-order chi connectivity index (χ1) is 10.7. The molecular weight excluding hydrogens is 310 g/mol. The van der Waals surface area contributed by atoms with Gasteiger partial charge in [-0.15, -0.1) is 0 Å². The number of hydrogen-bond acceptors (Lipinski definition) is 3. The Labute approximate surface area is 138 Å². The van der Waals surface area contributed by atoms with Crippen molar-refractivity contribution in [1.29, 1.82) is 0 Å².